The standard InChI is InChI=1S/C19H22ClN3O3/c1-12-10-17(22-23(12)11-13-6-8-14(20)9-7-13)21-18(24)15-4-2-3-5-16(15)19(25)26/h6-10,15-16H,2-5,11H2,1H3,(H,25,26)(H,21,22,24)/t15-,16+/m1/s1. The molecule has 26 heavy (non-hydrogen) atoms. The molecule has 1 aliphatic carbocycles. The number of aromatic nitrogens is 2. The van der Waals surface area contributed by atoms with Crippen LogP contribution in [0, 0.1) is 18.8 Å². The maximum atomic E-state index is 12.6. The van der Waals surface area contributed by atoms with E-state index in [1.807, 2.05) is 31.2 Å². The lowest BCUT2D eigenvalue weighted by Crippen LogP contribution is -2.36. The zero-order valence-electron chi connectivity index (χ0n) is 14.6. The van der Waals surface area contributed by atoms with E-state index in [4.69, 9.17) is 11.6 Å². The number of halogens is 1. The van der Waals surface area contributed by atoms with E-state index < -0.39 is 17.8 Å². The zero-order valence-corrected chi connectivity index (χ0v) is 15.4. The summed E-state index contributed by atoms with van der Waals surface area (Å²) in [5.41, 5.74) is 1.96. The summed E-state index contributed by atoms with van der Waals surface area (Å²) < 4.78 is 1.80. The number of carbonyl (C=O) groups is 2. The van der Waals surface area contributed by atoms with Gasteiger partial charge in [0.1, 0.15) is 0 Å². The van der Waals surface area contributed by atoms with E-state index in [1.165, 1.54) is 0 Å². The highest BCUT2D eigenvalue weighted by molar-refractivity contribution is 6.30. The van der Waals surface area contributed by atoms with Crippen molar-refractivity contribution in [1.82, 2.24) is 9.78 Å². The molecule has 6 nitrogen and oxygen atoms in total. The number of amides is 1. The van der Waals surface area contributed by atoms with Crippen LogP contribution in [-0.2, 0) is 16.1 Å². The van der Waals surface area contributed by atoms with E-state index in [0.717, 1.165) is 24.1 Å². The Labute approximate surface area is 157 Å². The van der Waals surface area contributed by atoms with Crippen LogP contribution in [0.1, 0.15) is 36.9 Å². The SMILES string of the molecule is Cc1cc(NC(=O)[C@@H]2CCCC[C@@H]2C(=O)O)nn1Cc1ccc(Cl)cc1. The molecule has 3 rings (SSSR count). The smallest absolute Gasteiger partial charge is 0.307 e. The second kappa shape index (κ2) is 7.91. The largest absolute Gasteiger partial charge is 0.481 e. The van der Waals surface area contributed by atoms with Crippen LogP contribution in [0.5, 0.6) is 0 Å². The molecule has 0 radical (unpaired) electrons. The Kier molecular flexibility index (Phi) is 5.61. The average molecular weight is 376 g/mol. The van der Waals surface area contributed by atoms with Crippen molar-refractivity contribution in [3.05, 3.63) is 46.6 Å². The number of carbonyl (C=O) groups excluding carboxylic acids is 1. The second-order valence-corrected chi connectivity index (χ2v) is 7.22. The van der Waals surface area contributed by atoms with Gasteiger partial charge in [0, 0.05) is 16.8 Å². The summed E-state index contributed by atoms with van der Waals surface area (Å²) in [6, 6.07) is 9.32. The molecule has 0 aliphatic heterocycles. The number of hydrogen-bond donors (Lipinski definition) is 2. The number of nitrogens with zero attached hydrogens (tertiary/aromatic N) is 2. The highest BCUT2D eigenvalue weighted by atomic mass is 35.5. The summed E-state index contributed by atoms with van der Waals surface area (Å²) in [4.78, 5) is 24.0. The first kappa shape index (κ1) is 18.5. The fourth-order valence-corrected chi connectivity index (χ4v) is 3.58. The van der Waals surface area contributed by atoms with E-state index in [1.54, 1.807) is 10.7 Å². The van der Waals surface area contributed by atoms with Crippen molar-refractivity contribution in [3.63, 3.8) is 0 Å². The van der Waals surface area contributed by atoms with Gasteiger partial charge in [-0.3, -0.25) is 14.3 Å². The van der Waals surface area contributed by atoms with Crippen molar-refractivity contribution in [2.75, 3.05) is 5.32 Å². The number of carboxylic acids is 1. The summed E-state index contributed by atoms with van der Waals surface area (Å²) in [5.74, 6) is -1.80. The molecule has 7 heteroatoms. The molecule has 1 aromatic heterocycles. The van der Waals surface area contributed by atoms with Crippen LogP contribution in [0.3, 0.4) is 0 Å². The number of aliphatic carboxylic acids is 1. The van der Waals surface area contributed by atoms with E-state index in [9.17, 15) is 14.7 Å². The van der Waals surface area contributed by atoms with Gasteiger partial charge in [-0.15, -0.1) is 0 Å². The Bertz CT molecular complexity index is 801. The molecular formula is C19H22ClN3O3. The molecule has 1 amide bonds. The van der Waals surface area contributed by atoms with Crippen LogP contribution in [0.2, 0.25) is 5.02 Å². The molecule has 1 heterocycles. The molecule has 0 bridgehead atoms. The van der Waals surface area contributed by atoms with Gasteiger partial charge in [-0.25, -0.2) is 0 Å². The van der Waals surface area contributed by atoms with Crippen molar-refractivity contribution < 1.29 is 14.7 Å². The average Bonchev–Trinajstić information content (AvgIpc) is 2.96. The molecule has 0 saturated heterocycles. The number of benzene rings is 1. The maximum absolute atomic E-state index is 12.6. The van der Waals surface area contributed by atoms with Crippen LogP contribution in [0.4, 0.5) is 5.82 Å². The van der Waals surface area contributed by atoms with Crippen molar-refractivity contribution in [1.29, 1.82) is 0 Å². The lowest BCUT2D eigenvalue weighted by molar-refractivity contribution is -0.147. The Morgan fingerprint density at radius 2 is 1.88 bits per heavy atom. The lowest BCUT2D eigenvalue weighted by Gasteiger charge is -2.27. The van der Waals surface area contributed by atoms with Gasteiger partial charge in [0.2, 0.25) is 5.91 Å². The summed E-state index contributed by atoms with van der Waals surface area (Å²) in [5, 5.41) is 17.3. The van der Waals surface area contributed by atoms with E-state index >= 15 is 0 Å². The number of rotatable bonds is 5. The first-order chi connectivity index (χ1) is 12.4. The molecule has 138 valence electrons. The first-order valence-corrected chi connectivity index (χ1v) is 9.14. The maximum Gasteiger partial charge on any atom is 0.307 e. The summed E-state index contributed by atoms with van der Waals surface area (Å²) in [7, 11) is 0. The molecule has 1 aliphatic rings. The first-order valence-electron chi connectivity index (χ1n) is 8.76. The predicted octanol–water partition coefficient (Wildman–Crippen LogP) is 3.72. The number of carboxylic acid groups (broad SMARTS) is 1. The lowest BCUT2D eigenvalue weighted by atomic mass is 9.79. The zero-order chi connectivity index (χ0) is 18.7. The van der Waals surface area contributed by atoms with Gasteiger partial charge >= 0.3 is 5.97 Å². The summed E-state index contributed by atoms with van der Waals surface area (Å²) in [6.07, 6.45) is 2.90. The van der Waals surface area contributed by atoms with E-state index in [0.29, 0.717) is 30.2 Å². The highest BCUT2D eigenvalue weighted by Crippen LogP contribution is 2.31. The minimum atomic E-state index is -0.894. The van der Waals surface area contributed by atoms with Gasteiger partial charge in [0.25, 0.3) is 0 Å². The Morgan fingerprint density at radius 1 is 1.23 bits per heavy atom. The van der Waals surface area contributed by atoms with Crippen molar-refractivity contribution in [3.8, 4) is 0 Å². The Morgan fingerprint density at radius 3 is 2.54 bits per heavy atom. The fraction of sp³-hybridized carbons (Fsp3) is 0.421. The normalized spacial score (nSPS) is 19.9. The van der Waals surface area contributed by atoms with Crippen LogP contribution in [0.15, 0.2) is 30.3 Å². The molecule has 1 saturated carbocycles. The van der Waals surface area contributed by atoms with Crippen molar-refractivity contribution in [2.45, 2.75) is 39.2 Å². The number of hydrogen-bond acceptors (Lipinski definition) is 3. The van der Waals surface area contributed by atoms with Gasteiger partial charge in [-0.2, -0.15) is 5.10 Å². The monoisotopic (exact) mass is 375 g/mol. The van der Waals surface area contributed by atoms with Gasteiger partial charge in [-0.05, 0) is 37.5 Å². The fourth-order valence-electron chi connectivity index (χ4n) is 3.45. The number of nitrogens with one attached hydrogen (secondary N) is 1. The number of anilines is 1. The minimum absolute atomic E-state index is 0.256. The Balaban J connectivity index is 1.69. The van der Waals surface area contributed by atoms with Gasteiger partial charge in [-0.1, -0.05) is 36.6 Å². The third kappa shape index (κ3) is 4.25. The third-order valence-electron chi connectivity index (χ3n) is 4.90. The molecule has 2 atom stereocenters. The third-order valence-corrected chi connectivity index (χ3v) is 5.15. The molecule has 1 fully saturated rings. The van der Waals surface area contributed by atoms with Crippen LogP contribution in [-0.4, -0.2) is 26.8 Å². The quantitative estimate of drug-likeness (QED) is 0.834. The van der Waals surface area contributed by atoms with Gasteiger partial charge < -0.3 is 10.4 Å². The summed E-state index contributed by atoms with van der Waals surface area (Å²) >= 11 is 5.90. The molecule has 2 aromatic rings. The van der Waals surface area contributed by atoms with Crippen molar-refractivity contribution in [2.24, 2.45) is 11.8 Å². The molecule has 0 unspecified atom stereocenters. The summed E-state index contributed by atoms with van der Waals surface area (Å²) in [6.45, 7) is 2.49. The Hall–Kier alpha value is -2.34. The van der Waals surface area contributed by atoms with Crippen molar-refractivity contribution >= 4 is 29.3 Å². The highest BCUT2D eigenvalue weighted by Gasteiger charge is 2.35. The number of aryl methyl sites for hydroxylation is 1. The topological polar surface area (TPSA) is 84.2 Å². The molecule has 2 N–H and O–H groups in total. The molecule has 0 spiro atoms. The molecular weight excluding hydrogens is 354 g/mol. The van der Waals surface area contributed by atoms with E-state index in [2.05, 4.69) is 10.4 Å². The van der Waals surface area contributed by atoms with E-state index in [-0.39, 0.29) is 5.91 Å². The minimum Gasteiger partial charge on any atom is -0.481 e. The van der Waals surface area contributed by atoms with Gasteiger partial charge in [0.05, 0.1) is 18.4 Å². The van der Waals surface area contributed by atoms with Crippen LogP contribution < -0.4 is 5.32 Å². The van der Waals surface area contributed by atoms with Crippen LogP contribution >= 0.6 is 11.6 Å². The van der Waals surface area contributed by atoms with Gasteiger partial charge in [0.15, 0.2) is 5.82 Å². The predicted molar refractivity (Wildman–Crippen MR) is 99.2 cm³/mol. The molecule has 1 aromatic carbocycles. The van der Waals surface area contributed by atoms with Crippen LogP contribution in [0.25, 0.3) is 0 Å². The second-order valence-electron chi connectivity index (χ2n) is 6.78.